The molecule has 24 heavy (non-hydrogen) atoms. The largest absolute Gasteiger partial charge is 0.655 e. The molecule has 0 atom stereocenters. The summed E-state index contributed by atoms with van der Waals surface area (Å²) in [5.41, 5.74) is -0.134. The van der Waals surface area contributed by atoms with Crippen LogP contribution < -0.4 is 10.4 Å². The molecule has 0 aliphatic heterocycles. The predicted molar refractivity (Wildman–Crippen MR) is 84.0 cm³/mol. The Bertz CT molecular complexity index is 718. The van der Waals surface area contributed by atoms with Crippen molar-refractivity contribution in [2.75, 3.05) is 0 Å². The first kappa shape index (κ1) is 18.4. The van der Waals surface area contributed by atoms with Crippen LogP contribution in [0.4, 0.5) is 36.0 Å². The average Bonchev–Trinajstić information content (AvgIpc) is 2.45. The van der Waals surface area contributed by atoms with Crippen LogP contribution in [-0.2, 0) is 0 Å². The van der Waals surface area contributed by atoms with Crippen LogP contribution in [0.1, 0.15) is 11.1 Å². The molecule has 0 N–H and O–H groups in total. The molecule has 0 radical (unpaired) electrons. The quantitative estimate of drug-likeness (QED) is 0.315. The van der Waals surface area contributed by atoms with Crippen molar-refractivity contribution in [3.8, 4) is 0 Å². The zero-order valence-electron chi connectivity index (χ0n) is 12.6. The molecular formula is C14H12F6N2Si2. The molecule has 0 spiro atoms. The fourth-order valence-electron chi connectivity index (χ4n) is 2.04. The molecule has 2 rings (SSSR count). The lowest BCUT2D eigenvalue weighted by atomic mass is 10.2. The Labute approximate surface area is 136 Å². The van der Waals surface area contributed by atoms with Gasteiger partial charge in [-0.05, 0) is 38.1 Å². The second-order valence-corrected chi connectivity index (χ2v) is 8.31. The van der Waals surface area contributed by atoms with Crippen LogP contribution in [0.25, 0.3) is 0 Å². The van der Waals surface area contributed by atoms with Crippen LogP contribution in [0, 0.1) is 13.8 Å². The van der Waals surface area contributed by atoms with E-state index in [-0.39, 0.29) is 0 Å². The molecule has 0 saturated carbocycles. The maximum absolute atomic E-state index is 13.1. The molecule has 0 aliphatic rings. The Morgan fingerprint density at radius 1 is 0.625 bits per heavy atom. The Kier molecular flexibility index (Phi) is 4.99. The zero-order valence-corrected chi connectivity index (χ0v) is 14.6. The van der Waals surface area contributed by atoms with E-state index in [1.165, 1.54) is 26.0 Å². The van der Waals surface area contributed by atoms with Crippen molar-refractivity contribution in [2.45, 2.75) is 13.8 Å². The predicted octanol–water partition coefficient (Wildman–Crippen LogP) is 4.83. The minimum atomic E-state index is -6.17. The molecule has 0 bridgehead atoms. The number of aryl methyl sites for hydroxylation is 2. The van der Waals surface area contributed by atoms with Gasteiger partial charge in [0.05, 0.1) is 21.7 Å². The van der Waals surface area contributed by atoms with Gasteiger partial charge in [-0.3, -0.25) is 0 Å². The molecule has 0 aromatic heterocycles. The van der Waals surface area contributed by atoms with E-state index in [4.69, 9.17) is 0 Å². The van der Waals surface area contributed by atoms with Gasteiger partial charge in [0, 0.05) is 0 Å². The molecule has 0 aliphatic carbocycles. The standard InChI is InChI=1S/C14H12F6N2Si2/c1-9-3-5-11(13(7-9)23(15,16)17)21-22-12-6-4-10(2)8-14(12)24(18,19)20/h3-8H,1-2H3. The average molecular weight is 378 g/mol. The monoisotopic (exact) mass is 378 g/mol. The van der Waals surface area contributed by atoms with Gasteiger partial charge in [-0.15, -0.1) is 0 Å². The van der Waals surface area contributed by atoms with Crippen molar-refractivity contribution in [1.29, 1.82) is 0 Å². The van der Waals surface area contributed by atoms with Crippen LogP contribution in [0.15, 0.2) is 46.6 Å². The highest BCUT2D eigenvalue weighted by molar-refractivity contribution is 6.75. The maximum atomic E-state index is 13.1. The molecule has 2 aromatic rings. The van der Waals surface area contributed by atoms with E-state index in [0.717, 1.165) is 24.3 Å². The number of halogens is 6. The Morgan fingerprint density at radius 2 is 0.958 bits per heavy atom. The van der Waals surface area contributed by atoms with Crippen LogP contribution in [0.2, 0.25) is 0 Å². The first-order chi connectivity index (χ1) is 11.0. The van der Waals surface area contributed by atoms with Crippen molar-refractivity contribution in [1.82, 2.24) is 0 Å². The van der Waals surface area contributed by atoms with Crippen molar-refractivity contribution in [2.24, 2.45) is 10.2 Å². The molecule has 10 heteroatoms. The number of hydrogen-bond acceptors (Lipinski definition) is 2. The van der Waals surface area contributed by atoms with Crippen LogP contribution in [0.3, 0.4) is 0 Å². The summed E-state index contributed by atoms with van der Waals surface area (Å²) in [6.07, 6.45) is 0. The fourth-order valence-corrected chi connectivity index (χ4v) is 3.67. The van der Waals surface area contributed by atoms with E-state index in [0.29, 0.717) is 11.1 Å². The van der Waals surface area contributed by atoms with Crippen LogP contribution in [0.5, 0.6) is 0 Å². The second-order valence-electron chi connectivity index (χ2n) is 5.24. The second kappa shape index (κ2) is 6.51. The summed E-state index contributed by atoms with van der Waals surface area (Å²) in [6, 6.07) is 6.93. The smallest absolute Gasteiger partial charge is 0.234 e. The van der Waals surface area contributed by atoms with E-state index in [9.17, 15) is 24.6 Å². The van der Waals surface area contributed by atoms with Crippen molar-refractivity contribution < 1.29 is 24.6 Å². The van der Waals surface area contributed by atoms with E-state index in [1.54, 1.807) is 0 Å². The SMILES string of the molecule is Cc1ccc(N=Nc2ccc(C)cc2[Si](F)(F)F)c([Si](F)(F)F)c1. The summed E-state index contributed by atoms with van der Waals surface area (Å²) in [4.78, 5) is 0. The number of rotatable bonds is 4. The normalized spacial score (nSPS) is 12.8. The topological polar surface area (TPSA) is 24.7 Å². The van der Waals surface area contributed by atoms with Crippen LogP contribution in [-0.4, -0.2) is 18.2 Å². The summed E-state index contributed by atoms with van der Waals surface area (Å²) in [7, 11) is -12.3. The third-order valence-electron chi connectivity index (χ3n) is 3.18. The lowest BCUT2D eigenvalue weighted by Crippen LogP contribution is -2.35. The molecular weight excluding hydrogens is 366 g/mol. The Morgan fingerprint density at radius 3 is 1.25 bits per heavy atom. The zero-order chi connectivity index (χ0) is 18.1. The molecule has 0 unspecified atom stereocenters. The molecule has 0 amide bonds. The van der Waals surface area contributed by atoms with E-state index in [2.05, 4.69) is 10.2 Å². The van der Waals surface area contributed by atoms with Crippen LogP contribution >= 0.6 is 0 Å². The maximum Gasteiger partial charge on any atom is 0.655 e. The Hall–Kier alpha value is -1.95. The number of benzene rings is 2. The van der Waals surface area contributed by atoms with Gasteiger partial charge < -0.3 is 0 Å². The third kappa shape index (κ3) is 4.32. The highest BCUT2D eigenvalue weighted by Crippen LogP contribution is 2.24. The summed E-state index contributed by atoms with van der Waals surface area (Å²) in [6.45, 7) is 3.00. The minimum absolute atomic E-state index is 0.396. The van der Waals surface area contributed by atoms with Crippen molar-refractivity contribution in [3.63, 3.8) is 0 Å². The van der Waals surface area contributed by atoms with Gasteiger partial charge >= 0.3 is 18.2 Å². The summed E-state index contributed by atoms with van der Waals surface area (Å²) in [5, 5.41) is 5.10. The van der Waals surface area contributed by atoms with Gasteiger partial charge in [-0.25, -0.2) is 24.6 Å². The lowest BCUT2D eigenvalue weighted by Gasteiger charge is -2.09. The fraction of sp³-hybridized carbons (Fsp3) is 0.143. The van der Waals surface area contributed by atoms with Gasteiger partial charge in [-0.2, -0.15) is 10.2 Å². The van der Waals surface area contributed by atoms with Gasteiger partial charge in [0.15, 0.2) is 0 Å². The molecule has 2 aromatic carbocycles. The van der Waals surface area contributed by atoms with Gasteiger partial charge in [0.2, 0.25) is 0 Å². The van der Waals surface area contributed by atoms with Gasteiger partial charge in [-0.1, -0.05) is 23.3 Å². The number of azo groups is 1. The minimum Gasteiger partial charge on any atom is -0.234 e. The summed E-state index contributed by atoms with van der Waals surface area (Å²) < 4.78 is 78.8. The third-order valence-corrected chi connectivity index (χ3v) is 5.20. The molecule has 0 saturated heterocycles. The van der Waals surface area contributed by atoms with Crippen molar-refractivity contribution >= 4 is 39.9 Å². The van der Waals surface area contributed by atoms with Gasteiger partial charge in [0.25, 0.3) is 0 Å². The molecule has 0 heterocycles. The highest BCUT2D eigenvalue weighted by atomic mass is 28.5. The van der Waals surface area contributed by atoms with E-state index >= 15 is 0 Å². The summed E-state index contributed by atoms with van der Waals surface area (Å²) >= 11 is 0. The first-order valence-corrected chi connectivity index (χ1v) is 10.0. The molecule has 0 fully saturated rings. The number of nitrogens with zero attached hydrogens (tertiary/aromatic N) is 2. The lowest BCUT2D eigenvalue weighted by molar-refractivity contribution is 0.499. The summed E-state index contributed by atoms with van der Waals surface area (Å²) in [5.74, 6) is 0. The van der Waals surface area contributed by atoms with Gasteiger partial charge in [0.1, 0.15) is 0 Å². The van der Waals surface area contributed by atoms with E-state index in [1.807, 2.05) is 0 Å². The van der Waals surface area contributed by atoms with E-state index < -0.39 is 39.9 Å². The highest BCUT2D eigenvalue weighted by Gasteiger charge is 2.43. The Balaban J connectivity index is 2.50. The molecule has 2 nitrogen and oxygen atoms in total. The van der Waals surface area contributed by atoms with Crippen molar-refractivity contribution in [3.05, 3.63) is 47.5 Å². The first-order valence-electron chi connectivity index (χ1n) is 6.76. The number of hydrogen-bond donors (Lipinski definition) is 0. The molecule has 128 valence electrons.